The molecule has 1 N–H and O–H groups in total. The smallest absolute Gasteiger partial charge is 0.184 e. The van der Waals surface area contributed by atoms with Crippen LogP contribution in [-0.4, -0.2) is 49.8 Å². The number of aliphatic hydroxyl groups excluding tert-OH is 1. The molecule has 2 fully saturated rings. The summed E-state index contributed by atoms with van der Waals surface area (Å²) in [6, 6.07) is 20.0. The molecule has 2 saturated heterocycles. The Morgan fingerprint density at radius 1 is 1.00 bits per heavy atom. The van der Waals surface area contributed by atoms with Crippen molar-refractivity contribution in [1.82, 2.24) is 0 Å². The van der Waals surface area contributed by atoms with Crippen LogP contribution in [0.4, 0.5) is 0 Å². The molecule has 2 aromatic carbocycles. The van der Waals surface area contributed by atoms with Crippen LogP contribution in [0.1, 0.15) is 17.4 Å². The number of aliphatic hydroxyl groups is 1. The fourth-order valence-corrected chi connectivity index (χ4v) is 4.09. The molecule has 0 spiro atoms. The van der Waals surface area contributed by atoms with Gasteiger partial charge in [0.1, 0.15) is 12.2 Å². The Kier molecular flexibility index (Phi) is 5.86. The second kappa shape index (κ2) is 8.50. The van der Waals surface area contributed by atoms with E-state index >= 15 is 0 Å². The third-order valence-electron chi connectivity index (χ3n) is 5.47. The third-order valence-corrected chi connectivity index (χ3v) is 5.47. The van der Waals surface area contributed by atoms with E-state index in [0.717, 1.165) is 12.0 Å². The van der Waals surface area contributed by atoms with Crippen LogP contribution in [0, 0.1) is 5.92 Å². The van der Waals surface area contributed by atoms with Crippen LogP contribution in [0.5, 0.6) is 0 Å². The van der Waals surface area contributed by atoms with Crippen molar-refractivity contribution in [3.63, 3.8) is 0 Å². The number of rotatable bonds is 5. The van der Waals surface area contributed by atoms with Crippen LogP contribution in [0.25, 0.3) is 0 Å². The van der Waals surface area contributed by atoms with Gasteiger partial charge in [0.25, 0.3) is 0 Å². The quantitative estimate of drug-likeness (QED) is 0.877. The van der Waals surface area contributed by atoms with Crippen molar-refractivity contribution in [3.05, 3.63) is 71.8 Å². The normalized spacial score (nSPS) is 33.4. The summed E-state index contributed by atoms with van der Waals surface area (Å²) in [7, 11) is 1.67. The summed E-state index contributed by atoms with van der Waals surface area (Å²) < 4.78 is 24.3. The SMILES string of the molecule is CO[C@@H]1[C@@H](CO)[C@H](Cc2ccccc2)O[C@@H]2CO[C@@H](c3ccccc3)O[C@@H]12. The van der Waals surface area contributed by atoms with E-state index in [0.29, 0.717) is 6.61 Å². The summed E-state index contributed by atoms with van der Waals surface area (Å²) in [4.78, 5) is 0. The standard InChI is InChI=1S/C22H26O5/c1-24-20-17(13-23)18(12-15-8-4-2-5-9-15)26-19-14-25-22(27-21(19)20)16-10-6-3-7-11-16/h2-11,17-23H,12-14H2,1H3/t17-,18-,19+,20+,21+,22+/m0/s1. The Labute approximate surface area is 159 Å². The molecule has 5 nitrogen and oxygen atoms in total. The number of benzene rings is 2. The molecule has 0 aliphatic carbocycles. The average molecular weight is 370 g/mol. The van der Waals surface area contributed by atoms with Crippen molar-refractivity contribution in [2.75, 3.05) is 20.3 Å². The van der Waals surface area contributed by atoms with E-state index in [2.05, 4.69) is 12.1 Å². The minimum Gasteiger partial charge on any atom is -0.396 e. The Morgan fingerprint density at radius 3 is 2.37 bits per heavy atom. The van der Waals surface area contributed by atoms with Crippen LogP contribution in [0.2, 0.25) is 0 Å². The maximum atomic E-state index is 10.1. The monoisotopic (exact) mass is 370 g/mol. The zero-order valence-electron chi connectivity index (χ0n) is 15.4. The lowest BCUT2D eigenvalue weighted by Crippen LogP contribution is -2.61. The fraction of sp³-hybridized carbons (Fsp3) is 0.455. The molecule has 2 aliphatic rings. The molecular formula is C22H26O5. The van der Waals surface area contributed by atoms with Crippen LogP contribution in [0.15, 0.2) is 60.7 Å². The molecule has 0 amide bonds. The third kappa shape index (κ3) is 3.93. The summed E-state index contributed by atoms with van der Waals surface area (Å²) in [6.07, 6.45) is -0.623. The fourth-order valence-electron chi connectivity index (χ4n) is 4.09. The number of fused-ring (bicyclic) bond motifs is 1. The first-order valence-electron chi connectivity index (χ1n) is 9.45. The first-order chi connectivity index (χ1) is 13.3. The maximum Gasteiger partial charge on any atom is 0.184 e. The molecule has 0 saturated carbocycles. The lowest BCUT2D eigenvalue weighted by molar-refractivity contribution is -0.326. The number of methoxy groups -OCH3 is 1. The molecule has 2 aliphatic heterocycles. The molecule has 2 aromatic rings. The molecule has 0 aromatic heterocycles. The van der Waals surface area contributed by atoms with E-state index in [4.69, 9.17) is 18.9 Å². The highest BCUT2D eigenvalue weighted by molar-refractivity contribution is 5.18. The lowest BCUT2D eigenvalue weighted by Gasteiger charge is -2.49. The Balaban J connectivity index is 1.52. The molecule has 2 heterocycles. The van der Waals surface area contributed by atoms with Gasteiger partial charge in [-0.1, -0.05) is 60.7 Å². The van der Waals surface area contributed by atoms with Crippen molar-refractivity contribution in [2.45, 2.75) is 37.1 Å². The molecule has 6 atom stereocenters. The summed E-state index contributed by atoms with van der Waals surface area (Å²) >= 11 is 0. The molecule has 0 radical (unpaired) electrons. The van der Waals surface area contributed by atoms with Crippen LogP contribution in [0.3, 0.4) is 0 Å². The summed E-state index contributed by atoms with van der Waals surface area (Å²) in [6.45, 7) is 0.424. The van der Waals surface area contributed by atoms with Gasteiger partial charge in [0, 0.05) is 18.6 Å². The van der Waals surface area contributed by atoms with Crippen molar-refractivity contribution < 1.29 is 24.1 Å². The minimum atomic E-state index is -0.446. The maximum absolute atomic E-state index is 10.1. The number of hydrogen-bond donors (Lipinski definition) is 1. The van der Waals surface area contributed by atoms with Gasteiger partial charge in [-0.15, -0.1) is 0 Å². The van der Waals surface area contributed by atoms with Gasteiger partial charge in [-0.2, -0.15) is 0 Å². The van der Waals surface area contributed by atoms with Crippen LogP contribution < -0.4 is 0 Å². The van der Waals surface area contributed by atoms with Gasteiger partial charge in [0.05, 0.1) is 25.4 Å². The zero-order valence-corrected chi connectivity index (χ0v) is 15.4. The summed E-state index contributed by atoms with van der Waals surface area (Å²) in [5.74, 6) is -0.161. The second-order valence-electron chi connectivity index (χ2n) is 7.13. The van der Waals surface area contributed by atoms with Crippen LogP contribution in [-0.2, 0) is 25.4 Å². The van der Waals surface area contributed by atoms with E-state index in [9.17, 15) is 5.11 Å². The first-order valence-corrected chi connectivity index (χ1v) is 9.45. The molecule has 0 bridgehead atoms. The average Bonchev–Trinajstić information content (AvgIpc) is 2.73. The molecular weight excluding hydrogens is 344 g/mol. The van der Waals surface area contributed by atoms with Gasteiger partial charge in [0.2, 0.25) is 0 Å². The highest BCUT2D eigenvalue weighted by Gasteiger charge is 2.49. The van der Waals surface area contributed by atoms with Crippen LogP contribution >= 0.6 is 0 Å². The molecule has 0 unspecified atom stereocenters. The predicted octanol–water partition coefficient (Wildman–Crippen LogP) is 2.73. The first kappa shape index (κ1) is 18.6. The van der Waals surface area contributed by atoms with Gasteiger partial charge in [-0.25, -0.2) is 0 Å². The summed E-state index contributed by atoms with van der Waals surface area (Å²) in [5, 5.41) is 10.1. The van der Waals surface area contributed by atoms with E-state index in [-0.39, 0.29) is 36.9 Å². The molecule has 5 heteroatoms. The Bertz CT molecular complexity index is 707. The van der Waals surface area contributed by atoms with E-state index in [1.165, 1.54) is 5.56 Å². The number of ether oxygens (including phenoxy) is 4. The van der Waals surface area contributed by atoms with Gasteiger partial charge in [-0.3, -0.25) is 0 Å². The van der Waals surface area contributed by atoms with Crippen molar-refractivity contribution in [2.24, 2.45) is 5.92 Å². The second-order valence-corrected chi connectivity index (χ2v) is 7.13. The highest BCUT2D eigenvalue weighted by atomic mass is 16.7. The van der Waals surface area contributed by atoms with E-state index in [1.807, 2.05) is 48.5 Å². The molecule has 144 valence electrons. The van der Waals surface area contributed by atoms with Gasteiger partial charge >= 0.3 is 0 Å². The molecule has 27 heavy (non-hydrogen) atoms. The Morgan fingerprint density at radius 2 is 1.70 bits per heavy atom. The minimum absolute atomic E-state index is 0.0144. The van der Waals surface area contributed by atoms with Crippen molar-refractivity contribution in [1.29, 1.82) is 0 Å². The lowest BCUT2D eigenvalue weighted by atomic mass is 9.84. The highest BCUT2D eigenvalue weighted by Crippen LogP contribution is 2.38. The zero-order chi connectivity index (χ0) is 18.6. The van der Waals surface area contributed by atoms with Crippen molar-refractivity contribution in [3.8, 4) is 0 Å². The number of hydrogen-bond acceptors (Lipinski definition) is 5. The topological polar surface area (TPSA) is 57.2 Å². The largest absolute Gasteiger partial charge is 0.396 e. The van der Waals surface area contributed by atoms with E-state index in [1.54, 1.807) is 7.11 Å². The Hall–Kier alpha value is -1.76. The van der Waals surface area contributed by atoms with Crippen molar-refractivity contribution >= 4 is 0 Å². The summed E-state index contributed by atoms with van der Waals surface area (Å²) in [5.41, 5.74) is 2.15. The van der Waals surface area contributed by atoms with Gasteiger partial charge in [0.15, 0.2) is 6.29 Å². The molecule has 4 rings (SSSR count). The predicted molar refractivity (Wildman–Crippen MR) is 100 cm³/mol. The van der Waals surface area contributed by atoms with Gasteiger partial charge in [-0.05, 0) is 12.0 Å². The van der Waals surface area contributed by atoms with E-state index < -0.39 is 6.29 Å². The van der Waals surface area contributed by atoms with Gasteiger partial charge < -0.3 is 24.1 Å².